The molecular weight excluding hydrogens is 138 g/mol. The Labute approximate surface area is 69.6 Å². The summed E-state index contributed by atoms with van der Waals surface area (Å²) in [7, 11) is 0. The van der Waals surface area contributed by atoms with E-state index in [0.29, 0.717) is 5.41 Å². The predicted molar refractivity (Wildman–Crippen MR) is 44.9 cm³/mol. The zero-order chi connectivity index (χ0) is 9.35. The molecule has 1 amide bonds. The topological polar surface area (TPSA) is 43.1 Å². The molecule has 1 fully saturated rings. The SMILES string of the molecule is [2H]C(C(N)=O)C1CCC(C)(C)C1. The first-order valence-corrected chi connectivity index (χ1v) is 4.14. The Balaban J connectivity index is 2.52. The van der Waals surface area contributed by atoms with Crippen molar-refractivity contribution in [3.05, 3.63) is 0 Å². The van der Waals surface area contributed by atoms with Gasteiger partial charge in [0.25, 0.3) is 0 Å². The van der Waals surface area contributed by atoms with Gasteiger partial charge in [-0.15, -0.1) is 0 Å². The summed E-state index contributed by atoms with van der Waals surface area (Å²) in [5.74, 6) is -0.282. The maximum Gasteiger partial charge on any atom is 0.217 e. The van der Waals surface area contributed by atoms with E-state index in [4.69, 9.17) is 7.10 Å². The van der Waals surface area contributed by atoms with Gasteiger partial charge in [-0.05, 0) is 30.6 Å². The summed E-state index contributed by atoms with van der Waals surface area (Å²) in [5.41, 5.74) is 5.38. The lowest BCUT2D eigenvalue weighted by Gasteiger charge is -2.16. The molecule has 0 bridgehead atoms. The molecular formula is C9H17NO. The van der Waals surface area contributed by atoms with E-state index in [2.05, 4.69) is 13.8 Å². The van der Waals surface area contributed by atoms with E-state index in [1.807, 2.05) is 0 Å². The highest BCUT2D eigenvalue weighted by Gasteiger charge is 2.31. The number of hydrogen-bond donors (Lipinski definition) is 1. The average molecular weight is 156 g/mol. The highest BCUT2D eigenvalue weighted by molar-refractivity contribution is 5.74. The van der Waals surface area contributed by atoms with Gasteiger partial charge in [-0.2, -0.15) is 0 Å². The van der Waals surface area contributed by atoms with Crippen molar-refractivity contribution in [2.45, 2.75) is 39.5 Å². The van der Waals surface area contributed by atoms with Crippen molar-refractivity contribution >= 4 is 5.91 Å². The van der Waals surface area contributed by atoms with E-state index in [-0.39, 0.29) is 5.92 Å². The number of rotatable bonds is 2. The molecule has 2 atom stereocenters. The molecule has 0 spiro atoms. The van der Waals surface area contributed by atoms with Gasteiger partial charge in [0.05, 0.1) is 0 Å². The molecule has 11 heavy (non-hydrogen) atoms. The third kappa shape index (κ3) is 2.52. The largest absolute Gasteiger partial charge is 0.370 e. The van der Waals surface area contributed by atoms with Crippen molar-refractivity contribution in [2.24, 2.45) is 17.1 Å². The molecule has 0 aromatic heterocycles. The lowest BCUT2D eigenvalue weighted by Crippen LogP contribution is -2.15. The number of carbonyl (C=O) groups excluding carboxylic acids is 1. The Hall–Kier alpha value is -0.530. The number of hydrogen-bond acceptors (Lipinski definition) is 1. The van der Waals surface area contributed by atoms with Crippen LogP contribution in [0.4, 0.5) is 0 Å². The third-order valence-electron chi connectivity index (χ3n) is 2.41. The Morgan fingerprint density at radius 1 is 1.82 bits per heavy atom. The number of carbonyl (C=O) groups is 1. The van der Waals surface area contributed by atoms with Crippen molar-refractivity contribution in [3.63, 3.8) is 0 Å². The second-order valence-corrected chi connectivity index (χ2v) is 4.24. The minimum atomic E-state index is -0.688. The number of primary amides is 1. The second-order valence-electron chi connectivity index (χ2n) is 4.24. The van der Waals surface area contributed by atoms with Crippen LogP contribution in [0.25, 0.3) is 0 Å². The molecule has 2 heteroatoms. The van der Waals surface area contributed by atoms with Crippen LogP contribution in [0.15, 0.2) is 0 Å². The zero-order valence-corrected chi connectivity index (χ0v) is 7.26. The lowest BCUT2D eigenvalue weighted by atomic mass is 9.90. The second kappa shape index (κ2) is 2.84. The third-order valence-corrected chi connectivity index (χ3v) is 2.41. The Bertz CT molecular complexity index is 191. The van der Waals surface area contributed by atoms with Crippen LogP contribution in [0.3, 0.4) is 0 Å². The van der Waals surface area contributed by atoms with Gasteiger partial charge in [0.15, 0.2) is 0 Å². The standard InChI is InChI=1S/C9H17NO/c1-9(2)4-3-7(6-9)5-8(10)11/h7H,3-6H2,1-2H3,(H2,10,11)/i5D. The highest BCUT2D eigenvalue weighted by Crippen LogP contribution is 2.41. The minimum absolute atomic E-state index is 0.192. The molecule has 2 N–H and O–H groups in total. The first-order valence-electron chi connectivity index (χ1n) is 4.72. The van der Waals surface area contributed by atoms with Gasteiger partial charge in [-0.3, -0.25) is 4.79 Å². The van der Waals surface area contributed by atoms with Gasteiger partial charge in [0.1, 0.15) is 0 Å². The van der Waals surface area contributed by atoms with E-state index >= 15 is 0 Å². The van der Waals surface area contributed by atoms with Crippen LogP contribution in [0.1, 0.15) is 40.9 Å². The van der Waals surface area contributed by atoms with Crippen LogP contribution >= 0.6 is 0 Å². The summed E-state index contributed by atoms with van der Waals surface area (Å²) in [5, 5.41) is 0. The molecule has 0 heterocycles. The van der Waals surface area contributed by atoms with Crippen LogP contribution in [0.2, 0.25) is 0 Å². The quantitative estimate of drug-likeness (QED) is 0.649. The van der Waals surface area contributed by atoms with Crippen LogP contribution < -0.4 is 5.73 Å². The molecule has 0 aromatic carbocycles. The van der Waals surface area contributed by atoms with E-state index in [1.54, 1.807) is 0 Å². The van der Waals surface area contributed by atoms with E-state index in [9.17, 15) is 4.79 Å². The molecule has 0 aliphatic heterocycles. The van der Waals surface area contributed by atoms with Gasteiger partial charge in [-0.25, -0.2) is 0 Å². The molecule has 2 unspecified atom stereocenters. The summed E-state index contributed by atoms with van der Waals surface area (Å²) in [6.45, 7) is 4.36. The molecule has 0 radical (unpaired) electrons. The van der Waals surface area contributed by atoms with Crippen LogP contribution in [-0.2, 0) is 4.79 Å². The molecule has 1 saturated carbocycles. The van der Waals surface area contributed by atoms with Crippen molar-refractivity contribution in [2.75, 3.05) is 0 Å². The predicted octanol–water partition coefficient (Wildman–Crippen LogP) is 1.69. The average Bonchev–Trinajstić information content (AvgIpc) is 2.28. The fourth-order valence-electron chi connectivity index (χ4n) is 1.86. The number of nitrogens with two attached hydrogens (primary N) is 1. The van der Waals surface area contributed by atoms with Crippen molar-refractivity contribution in [3.8, 4) is 0 Å². The smallest absolute Gasteiger partial charge is 0.217 e. The molecule has 0 saturated heterocycles. The van der Waals surface area contributed by atoms with Gasteiger partial charge >= 0.3 is 0 Å². The summed E-state index contributed by atoms with van der Waals surface area (Å²) in [4.78, 5) is 10.7. The number of amides is 1. The molecule has 1 aliphatic carbocycles. The van der Waals surface area contributed by atoms with E-state index < -0.39 is 12.3 Å². The Kier molecular flexibility index (Phi) is 1.84. The normalized spacial score (nSPS) is 32.9. The molecule has 2 nitrogen and oxygen atoms in total. The van der Waals surface area contributed by atoms with Crippen LogP contribution in [0, 0.1) is 11.3 Å². The zero-order valence-electron chi connectivity index (χ0n) is 8.26. The van der Waals surface area contributed by atoms with Crippen molar-refractivity contribution in [1.29, 1.82) is 0 Å². The van der Waals surface area contributed by atoms with Crippen molar-refractivity contribution in [1.82, 2.24) is 0 Å². The van der Waals surface area contributed by atoms with Gasteiger partial charge in [-0.1, -0.05) is 13.8 Å². The summed E-state index contributed by atoms with van der Waals surface area (Å²) in [6.07, 6.45) is 2.36. The van der Waals surface area contributed by atoms with Gasteiger partial charge < -0.3 is 5.73 Å². The molecule has 1 rings (SSSR count). The molecule has 1 aliphatic rings. The Morgan fingerprint density at radius 2 is 2.45 bits per heavy atom. The molecule has 0 aromatic rings. The fraction of sp³-hybridized carbons (Fsp3) is 0.889. The van der Waals surface area contributed by atoms with Gasteiger partial charge in [0.2, 0.25) is 5.91 Å². The highest BCUT2D eigenvalue weighted by atomic mass is 16.1. The maximum absolute atomic E-state index is 10.7. The monoisotopic (exact) mass is 156 g/mol. The minimum Gasteiger partial charge on any atom is -0.370 e. The fourth-order valence-corrected chi connectivity index (χ4v) is 1.86. The Morgan fingerprint density at radius 3 is 2.82 bits per heavy atom. The van der Waals surface area contributed by atoms with E-state index in [1.165, 1.54) is 0 Å². The van der Waals surface area contributed by atoms with Crippen LogP contribution in [-0.4, -0.2) is 5.91 Å². The first-order chi connectivity index (χ1) is 5.42. The summed E-state index contributed by atoms with van der Waals surface area (Å²) >= 11 is 0. The van der Waals surface area contributed by atoms with Gasteiger partial charge in [0, 0.05) is 7.77 Å². The summed E-state index contributed by atoms with van der Waals surface area (Å²) in [6, 6.07) is 0. The lowest BCUT2D eigenvalue weighted by molar-refractivity contribution is -0.118. The van der Waals surface area contributed by atoms with Crippen molar-refractivity contribution < 1.29 is 6.17 Å². The maximum atomic E-state index is 10.7. The van der Waals surface area contributed by atoms with Crippen LogP contribution in [0.5, 0.6) is 0 Å². The molecule has 64 valence electrons. The summed E-state index contributed by atoms with van der Waals surface area (Å²) < 4.78 is 7.53. The first kappa shape index (κ1) is 7.14. The van der Waals surface area contributed by atoms with E-state index in [0.717, 1.165) is 19.3 Å².